The summed E-state index contributed by atoms with van der Waals surface area (Å²) in [5.41, 5.74) is 9.39. The van der Waals surface area contributed by atoms with Crippen molar-refractivity contribution in [1.29, 1.82) is 0 Å². The van der Waals surface area contributed by atoms with Gasteiger partial charge in [-0.1, -0.05) is 19.8 Å². The Hall–Kier alpha value is -2.63. The van der Waals surface area contributed by atoms with Gasteiger partial charge in [0.05, 0.1) is 19.0 Å². The number of hydrogen-bond donors (Lipinski definition) is 2. The summed E-state index contributed by atoms with van der Waals surface area (Å²) in [6.45, 7) is 1.92. The first-order valence-corrected chi connectivity index (χ1v) is 9.54. The van der Waals surface area contributed by atoms with E-state index in [1.807, 2.05) is 25.3 Å². The predicted octanol–water partition coefficient (Wildman–Crippen LogP) is 4.19. The van der Waals surface area contributed by atoms with E-state index >= 15 is 0 Å². The number of ether oxygens (including phenoxy) is 1. The summed E-state index contributed by atoms with van der Waals surface area (Å²) in [4.78, 5) is 23.2. The lowest BCUT2D eigenvalue weighted by molar-refractivity contribution is -0.118. The minimum Gasteiger partial charge on any atom is -0.496 e. The van der Waals surface area contributed by atoms with Gasteiger partial charge in [0.2, 0.25) is 0 Å². The zero-order valence-corrected chi connectivity index (χ0v) is 16.5. The normalized spacial score (nSPS) is 11.2. The summed E-state index contributed by atoms with van der Waals surface area (Å²) < 4.78 is 5.51. The molecule has 1 aromatic heterocycles. The van der Waals surface area contributed by atoms with Gasteiger partial charge >= 0.3 is 0 Å². The Bertz CT molecular complexity index is 780. The number of carbonyl (C=O) groups is 1. The lowest BCUT2D eigenvalue weighted by Crippen LogP contribution is -1.98. The number of aromatic amines is 1. The van der Waals surface area contributed by atoms with E-state index in [2.05, 4.69) is 15.0 Å². The number of aryl methyl sites for hydroxylation is 1. The van der Waals surface area contributed by atoms with E-state index in [4.69, 9.17) is 10.5 Å². The third kappa shape index (κ3) is 5.94. The number of anilines is 1. The zero-order chi connectivity index (χ0) is 19.6. The van der Waals surface area contributed by atoms with Crippen molar-refractivity contribution < 1.29 is 9.53 Å². The van der Waals surface area contributed by atoms with Gasteiger partial charge in [0.15, 0.2) is 0 Å². The average Bonchev–Trinajstić information content (AvgIpc) is 3.14. The summed E-state index contributed by atoms with van der Waals surface area (Å²) in [6, 6.07) is 3.77. The second-order valence-corrected chi connectivity index (χ2v) is 6.62. The Morgan fingerprint density at radius 2 is 2.07 bits per heavy atom. The Balaban J connectivity index is 1.95. The van der Waals surface area contributed by atoms with Gasteiger partial charge in [-0.25, -0.2) is 4.98 Å². The first kappa shape index (κ1) is 20.7. The van der Waals surface area contributed by atoms with E-state index < -0.39 is 0 Å². The van der Waals surface area contributed by atoms with Gasteiger partial charge in [0.1, 0.15) is 17.4 Å². The van der Waals surface area contributed by atoms with Crippen molar-refractivity contribution in [3.8, 4) is 17.0 Å². The summed E-state index contributed by atoms with van der Waals surface area (Å²) in [5, 5.41) is 0. The predicted molar refractivity (Wildman–Crippen MR) is 111 cm³/mol. The van der Waals surface area contributed by atoms with Crippen molar-refractivity contribution in [2.75, 3.05) is 19.9 Å². The molecule has 0 fully saturated rings. The molecule has 3 N–H and O–H groups in total. The summed E-state index contributed by atoms with van der Waals surface area (Å²) in [6.07, 6.45) is 10.0. The molecule has 0 atom stereocenters. The van der Waals surface area contributed by atoms with Crippen LogP contribution in [0.2, 0.25) is 0 Å². The molecule has 0 spiro atoms. The van der Waals surface area contributed by atoms with Crippen molar-refractivity contribution in [3.63, 3.8) is 0 Å². The van der Waals surface area contributed by atoms with Crippen LogP contribution >= 0.6 is 0 Å². The van der Waals surface area contributed by atoms with Crippen LogP contribution in [0.5, 0.6) is 5.75 Å². The summed E-state index contributed by atoms with van der Waals surface area (Å²) in [7, 11) is 3.35. The number of aromatic nitrogens is 2. The Kier molecular flexibility index (Phi) is 8.04. The van der Waals surface area contributed by atoms with Crippen molar-refractivity contribution in [2.24, 2.45) is 4.99 Å². The van der Waals surface area contributed by atoms with Crippen molar-refractivity contribution in [3.05, 3.63) is 29.7 Å². The molecular formula is C21H30N4O2. The van der Waals surface area contributed by atoms with Gasteiger partial charge in [-0.05, 0) is 25.0 Å². The second-order valence-electron chi connectivity index (χ2n) is 6.62. The molecule has 27 heavy (non-hydrogen) atoms. The molecule has 2 aromatic rings. The molecule has 2 rings (SSSR count). The standard InChI is InChI=1S/C21H30N4O2/c1-4-16(26)9-7-5-6-8-10-21-24-14-19(25-21)17-12-18(22)15(13-23-2)11-20(17)27-3/h11-14H,4-10,22H2,1-3H3,(H,24,25). The molecule has 0 unspecified atom stereocenters. The maximum atomic E-state index is 11.3. The number of methoxy groups -OCH3 is 1. The number of nitrogen functional groups attached to an aromatic ring is 1. The molecule has 0 aliphatic heterocycles. The number of H-pyrrole nitrogens is 1. The molecule has 0 radical (unpaired) electrons. The van der Waals surface area contributed by atoms with Gasteiger partial charge in [-0.3, -0.25) is 9.79 Å². The van der Waals surface area contributed by atoms with E-state index in [-0.39, 0.29) is 0 Å². The van der Waals surface area contributed by atoms with Crippen LogP contribution in [-0.4, -0.2) is 36.1 Å². The second kappa shape index (κ2) is 10.5. The fourth-order valence-electron chi connectivity index (χ4n) is 3.01. The number of rotatable bonds is 11. The van der Waals surface area contributed by atoms with E-state index in [1.54, 1.807) is 20.4 Å². The van der Waals surface area contributed by atoms with E-state index in [0.717, 1.165) is 60.5 Å². The van der Waals surface area contributed by atoms with Crippen LogP contribution < -0.4 is 10.5 Å². The molecule has 0 bridgehead atoms. The minimum atomic E-state index is 0.357. The third-order valence-electron chi connectivity index (χ3n) is 4.61. The quantitative estimate of drug-likeness (QED) is 0.352. The third-order valence-corrected chi connectivity index (χ3v) is 4.61. The van der Waals surface area contributed by atoms with Gasteiger partial charge in [0, 0.05) is 49.3 Å². The number of unbranched alkanes of at least 4 members (excludes halogenated alkanes) is 3. The van der Waals surface area contributed by atoms with Crippen LogP contribution in [0.3, 0.4) is 0 Å². The molecule has 1 heterocycles. The molecule has 146 valence electrons. The number of Topliss-reactive ketones (excluding diaryl/α,β-unsaturated/α-hetero) is 1. The highest BCUT2D eigenvalue weighted by molar-refractivity contribution is 5.90. The molecule has 0 aliphatic carbocycles. The number of nitrogens with one attached hydrogen (secondary N) is 1. The number of nitrogens with zero attached hydrogens (tertiary/aromatic N) is 2. The molecular weight excluding hydrogens is 340 g/mol. The highest BCUT2D eigenvalue weighted by Gasteiger charge is 2.12. The molecule has 0 aliphatic rings. The number of hydrogen-bond acceptors (Lipinski definition) is 5. The maximum Gasteiger partial charge on any atom is 0.132 e. The zero-order valence-electron chi connectivity index (χ0n) is 16.5. The molecule has 6 nitrogen and oxygen atoms in total. The largest absolute Gasteiger partial charge is 0.496 e. The van der Waals surface area contributed by atoms with Crippen LogP contribution in [0.1, 0.15) is 56.8 Å². The number of nitrogens with two attached hydrogens (primary N) is 1. The van der Waals surface area contributed by atoms with Gasteiger partial charge in [-0.2, -0.15) is 0 Å². The van der Waals surface area contributed by atoms with Crippen LogP contribution in [0.4, 0.5) is 5.69 Å². The number of ketones is 1. The van der Waals surface area contributed by atoms with Gasteiger partial charge in [-0.15, -0.1) is 0 Å². The lowest BCUT2D eigenvalue weighted by atomic mass is 10.1. The average molecular weight is 370 g/mol. The number of imidazole rings is 1. The maximum absolute atomic E-state index is 11.3. The number of carbonyl (C=O) groups excluding carboxylic acids is 1. The fraction of sp³-hybridized carbons (Fsp3) is 0.476. The molecule has 0 amide bonds. The van der Waals surface area contributed by atoms with Crippen LogP contribution in [0.25, 0.3) is 11.3 Å². The van der Waals surface area contributed by atoms with E-state index in [9.17, 15) is 4.79 Å². The van der Waals surface area contributed by atoms with Crippen molar-refractivity contribution in [2.45, 2.75) is 51.9 Å². The number of benzene rings is 1. The van der Waals surface area contributed by atoms with Crippen LogP contribution in [0.15, 0.2) is 23.3 Å². The first-order chi connectivity index (χ1) is 13.1. The topological polar surface area (TPSA) is 93.4 Å². The Morgan fingerprint density at radius 1 is 1.30 bits per heavy atom. The summed E-state index contributed by atoms with van der Waals surface area (Å²) in [5.74, 6) is 2.04. The van der Waals surface area contributed by atoms with Gasteiger partial charge in [0.25, 0.3) is 0 Å². The molecule has 0 saturated heterocycles. The Morgan fingerprint density at radius 3 is 2.78 bits per heavy atom. The highest BCUT2D eigenvalue weighted by Crippen LogP contribution is 2.32. The molecule has 6 heteroatoms. The Labute approximate surface area is 161 Å². The first-order valence-electron chi connectivity index (χ1n) is 9.54. The van der Waals surface area contributed by atoms with E-state index in [0.29, 0.717) is 24.3 Å². The van der Waals surface area contributed by atoms with Crippen LogP contribution in [-0.2, 0) is 11.2 Å². The fourth-order valence-corrected chi connectivity index (χ4v) is 3.01. The van der Waals surface area contributed by atoms with Crippen molar-refractivity contribution >= 4 is 17.7 Å². The molecule has 1 aromatic carbocycles. The van der Waals surface area contributed by atoms with Gasteiger partial charge < -0.3 is 15.5 Å². The SMILES string of the molecule is CCC(=O)CCCCCCc1ncc(-c2cc(N)c(C=NC)cc2OC)[nH]1. The van der Waals surface area contributed by atoms with Crippen LogP contribution in [0, 0.1) is 0 Å². The summed E-state index contributed by atoms with van der Waals surface area (Å²) >= 11 is 0. The highest BCUT2D eigenvalue weighted by atomic mass is 16.5. The monoisotopic (exact) mass is 370 g/mol. The smallest absolute Gasteiger partial charge is 0.132 e. The minimum absolute atomic E-state index is 0.357. The van der Waals surface area contributed by atoms with Crippen molar-refractivity contribution in [1.82, 2.24) is 9.97 Å². The number of aliphatic imine (C=N–C) groups is 1. The lowest BCUT2D eigenvalue weighted by Gasteiger charge is -2.10. The molecule has 0 saturated carbocycles. The van der Waals surface area contributed by atoms with E-state index in [1.165, 1.54) is 0 Å².